The zero-order valence-corrected chi connectivity index (χ0v) is 11.2. The van der Waals surface area contributed by atoms with Crippen LogP contribution in [-0.2, 0) is 11.2 Å². The van der Waals surface area contributed by atoms with Crippen LogP contribution in [0.1, 0.15) is 29.2 Å². The minimum atomic E-state index is -0.209. The third kappa shape index (κ3) is 4.04. The summed E-state index contributed by atoms with van der Waals surface area (Å²) in [6.07, 6.45) is 0.846. The highest BCUT2D eigenvalue weighted by Gasteiger charge is 2.11. The van der Waals surface area contributed by atoms with Crippen molar-refractivity contribution in [2.24, 2.45) is 5.73 Å². The van der Waals surface area contributed by atoms with E-state index in [1.807, 2.05) is 61.5 Å². The molecule has 0 aliphatic rings. The molecule has 0 amide bonds. The molecule has 2 aromatic carbocycles. The average molecular weight is 253 g/mol. The van der Waals surface area contributed by atoms with E-state index in [2.05, 4.69) is 0 Å². The van der Waals surface area contributed by atoms with Crippen molar-refractivity contribution in [1.82, 2.24) is 0 Å². The molecule has 19 heavy (non-hydrogen) atoms. The van der Waals surface area contributed by atoms with Gasteiger partial charge in [-0.1, -0.05) is 60.2 Å². The van der Waals surface area contributed by atoms with Crippen LogP contribution in [0.3, 0.4) is 0 Å². The summed E-state index contributed by atoms with van der Waals surface area (Å²) in [7, 11) is 0. The van der Waals surface area contributed by atoms with E-state index in [1.165, 1.54) is 5.56 Å². The first-order valence-corrected chi connectivity index (χ1v) is 6.53. The van der Waals surface area contributed by atoms with E-state index in [1.54, 1.807) is 0 Å². The molecule has 2 rings (SSSR count). The van der Waals surface area contributed by atoms with E-state index in [-0.39, 0.29) is 11.8 Å². The van der Waals surface area contributed by atoms with Gasteiger partial charge in [0, 0.05) is 18.9 Å². The van der Waals surface area contributed by atoms with E-state index in [9.17, 15) is 4.79 Å². The van der Waals surface area contributed by atoms with Gasteiger partial charge in [0.2, 0.25) is 0 Å². The molecule has 0 saturated carbocycles. The van der Waals surface area contributed by atoms with Crippen LogP contribution in [0.2, 0.25) is 0 Å². The van der Waals surface area contributed by atoms with Gasteiger partial charge in [0.25, 0.3) is 0 Å². The number of rotatable bonds is 5. The lowest BCUT2D eigenvalue weighted by Crippen LogP contribution is -2.16. The molecular formula is C17H19NO. The minimum Gasteiger partial charge on any atom is -0.324 e. The number of aryl methyl sites for hydroxylation is 1. The molecule has 0 fully saturated rings. The van der Waals surface area contributed by atoms with Gasteiger partial charge in [-0.3, -0.25) is 4.79 Å². The maximum Gasteiger partial charge on any atom is 0.139 e. The number of hydrogen-bond donors (Lipinski definition) is 1. The van der Waals surface area contributed by atoms with Crippen molar-refractivity contribution in [3.05, 3.63) is 71.3 Å². The molecule has 0 heterocycles. The maximum absolute atomic E-state index is 12.0. The molecular weight excluding hydrogens is 234 g/mol. The summed E-state index contributed by atoms with van der Waals surface area (Å²) in [5, 5.41) is 0. The van der Waals surface area contributed by atoms with Crippen molar-refractivity contribution in [2.75, 3.05) is 0 Å². The first-order valence-electron chi connectivity index (χ1n) is 6.53. The van der Waals surface area contributed by atoms with Crippen molar-refractivity contribution < 1.29 is 4.79 Å². The number of ketones is 1. The van der Waals surface area contributed by atoms with E-state index in [0.717, 1.165) is 11.1 Å². The molecule has 0 aliphatic carbocycles. The molecule has 2 N–H and O–H groups in total. The highest BCUT2D eigenvalue weighted by atomic mass is 16.1. The summed E-state index contributed by atoms with van der Waals surface area (Å²) >= 11 is 0. The Morgan fingerprint density at radius 3 is 2.32 bits per heavy atom. The minimum absolute atomic E-state index is 0.181. The van der Waals surface area contributed by atoms with Crippen LogP contribution < -0.4 is 5.73 Å². The van der Waals surface area contributed by atoms with Crippen LogP contribution in [-0.4, -0.2) is 5.78 Å². The Hall–Kier alpha value is -1.93. The van der Waals surface area contributed by atoms with Crippen molar-refractivity contribution in [3.63, 3.8) is 0 Å². The first-order chi connectivity index (χ1) is 9.15. The second-order valence-electron chi connectivity index (χ2n) is 4.92. The molecule has 0 bridgehead atoms. The molecule has 0 aliphatic heterocycles. The number of hydrogen-bond acceptors (Lipinski definition) is 2. The summed E-state index contributed by atoms with van der Waals surface area (Å²) in [5.41, 5.74) is 9.32. The Labute approximate surface area is 114 Å². The van der Waals surface area contributed by atoms with Crippen molar-refractivity contribution in [2.45, 2.75) is 25.8 Å². The van der Waals surface area contributed by atoms with Crippen LogP contribution in [0.25, 0.3) is 0 Å². The predicted octanol–water partition coefficient (Wildman–Crippen LogP) is 3.20. The van der Waals surface area contributed by atoms with Gasteiger partial charge in [0.05, 0.1) is 0 Å². The summed E-state index contributed by atoms with van der Waals surface area (Å²) in [4.78, 5) is 12.0. The quantitative estimate of drug-likeness (QED) is 0.889. The van der Waals surface area contributed by atoms with Gasteiger partial charge < -0.3 is 5.73 Å². The van der Waals surface area contributed by atoms with Crippen LogP contribution in [0.5, 0.6) is 0 Å². The fourth-order valence-electron chi connectivity index (χ4n) is 2.07. The van der Waals surface area contributed by atoms with Gasteiger partial charge >= 0.3 is 0 Å². The fourth-order valence-corrected chi connectivity index (χ4v) is 2.07. The molecule has 2 heteroatoms. The molecule has 0 saturated heterocycles. The third-order valence-corrected chi connectivity index (χ3v) is 3.20. The SMILES string of the molecule is Cc1ccc(CC(=O)CC(N)c2ccccc2)cc1. The highest BCUT2D eigenvalue weighted by Crippen LogP contribution is 2.15. The first kappa shape index (κ1) is 13.5. The van der Waals surface area contributed by atoms with Gasteiger partial charge in [0.1, 0.15) is 5.78 Å². The van der Waals surface area contributed by atoms with Gasteiger partial charge in [-0.05, 0) is 18.1 Å². The molecule has 1 unspecified atom stereocenters. The molecule has 0 radical (unpaired) electrons. The molecule has 2 aromatic rings. The molecule has 2 nitrogen and oxygen atoms in total. The summed E-state index contributed by atoms with van der Waals surface area (Å²) in [6, 6.07) is 17.6. The normalized spacial score (nSPS) is 12.1. The monoisotopic (exact) mass is 253 g/mol. The zero-order valence-electron chi connectivity index (χ0n) is 11.2. The highest BCUT2D eigenvalue weighted by molar-refractivity contribution is 5.81. The van der Waals surface area contributed by atoms with E-state index in [4.69, 9.17) is 5.73 Å². The summed E-state index contributed by atoms with van der Waals surface area (Å²) in [6.45, 7) is 2.04. The fraction of sp³-hybridized carbons (Fsp3) is 0.235. The zero-order chi connectivity index (χ0) is 13.7. The van der Waals surface area contributed by atoms with Crippen molar-refractivity contribution in [3.8, 4) is 0 Å². The standard InChI is InChI=1S/C17H19NO/c1-13-7-9-14(10-8-13)11-16(19)12-17(18)15-5-3-2-4-6-15/h2-10,17H,11-12,18H2,1H3. The Balaban J connectivity index is 1.93. The second-order valence-corrected chi connectivity index (χ2v) is 4.92. The third-order valence-electron chi connectivity index (χ3n) is 3.20. The van der Waals surface area contributed by atoms with Crippen LogP contribution >= 0.6 is 0 Å². The number of carbonyl (C=O) groups is 1. The second kappa shape index (κ2) is 6.30. The van der Waals surface area contributed by atoms with Gasteiger partial charge in [-0.15, -0.1) is 0 Å². The number of benzene rings is 2. The Morgan fingerprint density at radius 1 is 1.05 bits per heavy atom. The lowest BCUT2D eigenvalue weighted by molar-refractivity contribution is -0.118. The van der Waals surface area contributed by atoms with Crippen LogP contribution in [0.4, 0.5) is 0 Å². The molecule has 0 spiro atoms. The Morgan fingerprint density at radius 2 is 1.68 bits per heavy atom. The molecule has 98 valence electrons. The largest absolute Gasteiger partial charge is 0.324 e. The van der Waals surface area contributed by atoms with Crippen LogP contribution in [0.15, 0.2) is 54.6 Å². The van der Waals surface area contributed by atoms with Gasteiger partial charge in [0.15, 0.2) is 0 Å². The lowest BCUT2D eigenvalue weighted by atomic mass is 9.98. The van der Waals surface area contributed by atoms with Crippen LogP contribution in [0, 0.1) is 6.92 Å². The number of nitrogens with two attached hydrogens (primary N) is 1. The smallest absolute Gasteiger partial charge is 0.139 e. The Bertz CT molecular complexity index is 531. The molecule has 0 aromatic heterocycles. The van der Waals surface area contributed by atoms with E-state index >= 15 is 0 Å². The summed E-state index contributed by atoms with van der Waals surface area (Å²) < 4.78 is 0. The Kier molecular flexibility index (Phi) is 4.48. The van der Waals surface area contributed by atoms with Crippen molar-refractivity contribution >= 4 is 5.78 Å². The predicted molar refractivity (Wildman–Crippen MR) is 77.9 cm³/mol. The van der Waals surface area contributed by atoms with Gasteiger partial charge in [-0.25, -0.2) is 0 Å². The lowest BCUT2D eigenvalue weighted by Gasteiger charge is -2.11. The van der Waals surface area contributed by atoms with E-state index in [0.29, 0.717) is 12.8 Å². The topological polar surface area (TPSA) is 43.1 Å². The summed E-state index contributed by atoms with van der Waals surface area (Å²) in [5.74, 6) is 0.181. The van der Waals surface area contributed by atoms with E-state index < -0.39 is 0 Å². The molecule has 1 atom stereocenters. The number of Topliss-reactive ketones (excluding diaryl/α,β-unsaturated/α-hetero) is 1. The average Bonchev–Trinajstić information content (AvgIpc) is 2.42. The van der Waals surface area contributed by atoms with Gasteiger partial charge in [-0.2, -0.15) is 0 Å². The number of carbonyl (C=O) groups excluding carboxylic acids is 1. The van der Waals surface area contributed by atoms with Crippen molar-refractivity contribution in [1.29, 1.82) is 0 Å². The maximum atomic E-state index is 12.0.